The van der Waals surface area contributed by atoms with Crippen molar-refractivity contribution in [3.8, 4) is 0 Å². The quantitative estimate of drug-likeness (QED) is 0.514. The molecule has 0 aliphatic heterocycles. The first kappa shape index (κ1) is 12.4. The van der Waals surface area contributed by atoms with E-state index in [4.69, 9.17) is 16.0 Å². The van der Waals surface area contributed by atoms with Crippen LogP contribution >= 0.6 is 11.6 Å². The first-order valence-corrected chi connectivity index (χ1v) is 5.50. The molecule has 1 aromatic heterocycles. The molecule has 0 radical (unpaired) electrons. The van der Waals surface area contributed by atoms with Crippen molar-refractivity contribution < 1.29 is 14.3 Å². The maximum atomic E-state index is 11.6. The van der Waals surface area contributed by atoms with E-state index < -0.39 is 11.4 Å². The highest BCUT2D eigenvalue weighted by atomic mass is 35.5. The molecule has 18 heavy (non-hydrogen) atoms. The van der Waals surface area contributed by atoms with E-state index in [1.54, 1.807) is 18.2 Å². The van der Waals surface area contributed by atoms with Crippen LogP contribution in [-0.2, 0) is 4.79 Å². The Bertz CT molecular complexity index is 712. The standard InChI is InChI=1S/C13H9ClO4/c1-7(15)4-11(16)10-6-8-5-9(14)2-3-12(8)18-13(10)17/h2-6,16H,1H3/b11-4-. The van der Waals surface area contributed by atoms with E-state index in [2.05, 4.69) is 0 Å². The van der Waals surface area contributed by atoms with Crippen LogP contribution in [0, 0.1) is 0 Å². The second-order valence-electron chi connectivity index (χ2n) is 3.77. The summed E-state index contributed by atoms with van der Waals surface area (Å²) in [7, 11) is 0. The van der Waals surface area contributed by atoms with Gasteiger partial charge in [-0.3, -0.25) is 4.79 Å². The van der Waals surface area contributed by atoms with Crippen molar-refractivity contribution in [2.75, 3.05) is 0 Å². The Hall–Kier alpha value is -2.07. The van der Waals surface area contributed by atoms with E-state index in [9.17, 15) is 14.7 Å². The van der Waals surface area contributed by atoms with Gasteiger partial charge in [-0.05, 0) is 31.2 Å². The minimum absolute atomic E-state index is 0.0695. The third kappa shape index (κ3) is 2.43. The number of carbonyl (C=O) groups excluding carboxylic acids is 1. The number of hydrogen-bond acceptors (Lipinski definition) is 4. The molecular weight excluding hydrogens is 256 g/mol. The summed E-state index contributed by atoms with van der Waals surface area (Å²) in [5, 5.41) is 10.7. The van der Waals surface area contributed by atoms with Crippen molar-refractivity contribution in [3.05, 3.63) is 51.3 Å². The molecule has 0 saturated heterocycles. The molecule has 1 N–H and O–H groups in total. The van der Waals surface area contributed by atoms with Crippen LogP contribution in [0.25, 0.3) is 16.7 Å². The molecule has 0 unspecified atom stereocenters. The minimum atomic E-state index is -0.708. The van der Waals surface area contributed by atoms with Gasteiger partial charge in [0.1, 0.15) is 16.9 Å². The lowest BCUT2D eigenvalue weighted by Crippen LogP contribution is -2.07. The third-order valence-electron chi connectivity index (χ3n) is 2.31. The molecule has 2 aromatic rings. The lowest BCUT2D eigenvalue weighted by atomic mass is 10.1. The molecule has 0 amide bonds. The fraction of sp³-hybridized carbons (Fsp3) is 0.0769. The predicted octanol–water partition coefficient (Wildman–Crippen LogP) is 2.93. The van der Waals surface area contributed by atoms with Crippen molar-refractivity contribution in [3.63, 3.8) is 0 Å². The number of aliphatic hydroxyl groups excluding tert-OH is 1. The molecule has 0 spiro atoms. The average Bonchev–Trinajstić information content (AvgIpc) is 2.27. The summed E-state index contributed by atoms with van der Waals surface area (Å²) in [5.74, 6) is -0.781. The summed E-state index contributed by atoms with van der Waals surface area (Å²) in [6, 6.07) is 6.19. The lowest BCUT2D eigenvalue weighted by Gasteiger charge is -2.01. The minimum Gasteiger partial charge on any atom is -0.507 e. The Kier molecular flexibility index (Phi) is 3.21. The maximum absolute atomic E-state index is 11.6. The SMILES string of the molecule is CC(=O)/C=C(\O)c1cc2cc(Cl)ccc2oc1=O. The van der Waals surface area contributed by atoms with Crippen molar-refractivity contribution in [1.82, 2.24) is 0 Å². The normalized spacial score (nSPS) is 11.8. The van der Waals surface area contributed by atoms with Crippen LogP contribution in [0.5, 0.6) is 0 Å². The van der Waals surface area contributed by atoms with Gasteiger partial charge in [-0.1, -0.05) is 11.6 Å². The van der Waals surface area contributed by atoms with Gasteiger partial charge in [0.2, 0.25) is 0 Å². The van der Waals surface area contributed by atoms with Gasteiger partial charge in [0, 0.05) is 16.5 Å². The van der Waals surface area contributed by atoms with Crippen LogP contribution < -0.4 is 5.63 Å². The highest BCUT2D eigenvalue weighted by molar-refractivity contribution is 6.31. The van der Waals surface area contributed by atoms with E-state index in [0.29, 0.717) is 16.0 Å². The van der Waals surface area contributed by atoms with Gasteiger partial charge in [0.25, 0.3) is 0 Å². The zero-order valence-corrected chi connectivity index (χ0v) is 10.2. The van der Waals surface area contributed by atoms with Crippen molar-refractivity contribution in [1.29, 1.82) is 0 Å². The molecule has 0 aliphatic carbocycles. The average molecular weight is 265 g/mol. The highest BCUT2D eigenvalue weighted by Gasteiger charge is 2.10. The summed E-state index contributed by atoms with van der Waals surface area (Å²) in [6.07, 6.45) is 0.961. The van der Waals surface area contributed by atoms with Gasteiger partial charge in [-0.2, -0.15) is 0 Å². The number of carbonyl (C=O) groups is 1. The van der Waals surface area contributed by atoms with Gasteiger partial charge in [-0.15, -0.1) is 0 Å². The fourth-order valence-electron chi connectivity index (χ4n) is 1.54. The molecule has 0 atom stereocenters. The lowest BCUT2D eigenvalue weighted by molar-refractivity contribution is -0.112. The van der Waals surface area contributed by atoms with Crippen molar-refractivity contribution in [2.24, 2.45) is 0 Å². The van der Waals surface area contributed by atoms with Gasteiger partial charge < -0.3 is 9.52 Å². The zero-order valence-electron chi connectivity index (χ0n) is 9.44. The summed E-state index contributed by atoms with van der Waals surface area (Å²) >= 11 is 5.82. The molecule has 2 rings (SSSR count). The molecule has 0 bridgehead atoms. The molecule has 92 valence electrons. The maximum Gasteiger partial charge on any atom is 0.347 e. The Morgan fingerprint density at radius 2 is 2.11 bits per heavy atom. The molecule has 1 heterocycles. The molecule has 0 aliphatic rings. The Morgan fingerprint density at radius 1 is 1.39 bits per heavy atom. The number of hydrogen-bond donors (Lipinski definition) is 1. The van der Waals surface area contributed by atoms with Gasteiger partial charge in [-0.25, -0.2) is 4.79 Å². The second kappa shape index (κ2) is 4.66. The number of allylic oxidation sites excluding steroid dienone is 1. The largest absolute Gasteiger partial charge is 0.507 e. The van der Waals surface area contributed by atoms with E-state index in [1.807, 2.05) is 0 Å². The van der Waals surface area contributed by atoms with Crippen molar-refractivity contribution >= 4 is 34.1 Å². The van der Waals surface area contributed by atoms with Gasteiger partial charge in [0.05, 0.1) is 0 Å². The second-order valence-corrected chi connectivity index (χ2v) is 4.21. The van der Waals surface area contributed by atoms with Gasteiger partial charge in [0.15, 0.2) is 5.78 Å². The summed E-state index contributed by atoms with van der Waals surface area (Å²) < 4.78 is 5.02. The summed E-state index contributed by atoms with van der Waals surface area (Å²) in [4.78, 5) is 22.5. The molecule has 0 saturated carbocycles. The van der Waals surface area contributed by atoms with Crippen LogP contribution in [0.1, 0.15) is 12.5 Å². The fourth-order valence-corrected chi connectivity index (χ4v) is 1.72. The predicted molar refractivity (Wildman–Crippen MR) is 68.8 cm³/mol. The van der Waals surface area contributed by atoms with E-state index >= 15 is 0 Å². The number of fused-ring (bicyclic) bond motifs is 1. The monoisotopic (exact) mass is 264 g/mol. The first-order chi connectivity index (χ1) is 8.47. The molecule has 5 heteroatoms. The van der Waals surface area contributed by atoms with E-state index in [1.165, 1.54) is 13.0 Å². The van der Waals surface area contributed by atoms with Crippen molar-refractivity contribution in [2.45, 2.75) is 6.92 Å². The molecule has 4 nitrogen and oxygen atoms in total. The Labute approximate surface area is 107 Å². The zero-order chi connectivity index (χ0) is 13.3. The highest BCUT2D eigenvalue weighted by Crippen LogP contribution is 2.20. The number of ketones is 1. The topological polar surface area (TPSA) is 67.5 Å². The number of aliphatic hydroxyl groups is 1. The van der Waals surface area contributed by atoms with Crippen LogP contribution in [-0.4, -0.2) is 10.9 Å². The van der Waals surface area contributed by atoms with Crippen LogP contribution in [0.3, 0.4) is 0 Å². The molecular formula is C13H9ClO4. The number of rotatable bonds is 2. The van der Waals surface area contributed by atoms with Crippen LogP contribution in [0.2, 0.25) is 5.02 Å². The number of halogens is 1. The number of benzene rings is 1. The van der Waals surface area contributed by atoms with E-state index in [0.717, 1.165) is 6.08 Å². The summed E-state index contributed by atoms with van der Waals surface area (Å²) in [5.41, 5.74) is -0.413. The smallest absolute Gasteiger partial charge is 0.347 e. The van der Waals surface area contributed by atoms with Crippen LogP contribution in [0.15, 0.2) is 39.6 Å². The molecule has 1 aromatic carbocycles. The molecule has 0 fully saturated rings. The van der Waals surface area contributed by atoms with Crippen LogP contribution in [0.4, 0.5) is 0 Å². The first-order valence-electron chi connectivity index (χ1n) is 5.12. The van der Waals surface area contributed by atoms with E-state index in [-0.39, 0.29) is 11.3 Å². The van der Waals surface area contributed by atoms with Gasteiger partial charge >= 0.3 is 5.63 Å². The summed E-state index contributed by atoms with van der Waals surface area (Å²) in [6.45, 7) is 1.27. The Morgan fingerprint density at radius 3 is 2.78 bits per heavy atom. The third-order valence-corrected chi connectivity index (χ3v) is 2.55. The Balaban J connectivity index is 2.69.